The van der Waals surface area contributed by atoms with Gasteiger partial charge in [-0.2, -0.15) is 10.1 Å². The Hall–Kier alpha value is -1.30. The van der Waals surface area contributed by atoms with Crippen LogP contribution in [0.4, 0.5) is 0 Å². The molecule has 4 N–H and O–H groups in total. The molecule has 1 aliphatic heterocycles. The first kappa shape index (κ1) is 13.1. The molecule has 102 valence electrons. The van der Waals surface area contributed by atoms with Crippen LogP contribution >= 0.6 is 0 Å². The molecule has 2 aliphatic rings. The van der Waals surface area contributed by atoms with Crippen molar-refractivity contribution in [2.24, 2.45) is 27.4 Å². The zero-order chi connectivity index (χ0) is 13.2. The molecule has 0 saturated heterocycles. The molecule has 0 bridgehead atoms. The van der Waals surface area contributed by atoms with E-state index < -0.39 is 5.66 Å². The number of hydrogen-bond donors (Lipinski definition) is 2. The second-order valence-electron chi connectivity index (χ2n) is 5.53. The Balaban J connectivity index is 1.94. The fourth-order valence-corrected chi connectivity index (χ4v) is 2.55. The van der Waals surface area contributed by atoms with E-state index in [1.165, 1.54) is 32.1 Å². The van der Waals surface area contributed by atoms with Crippen LogP contribution in [0.2, 0.25) is 0 Å². The fraction of sp³-hybridized carbons (Fsp3) is 0.833. The van der Waals surface area contributed by atoms with E-state index in [1.807, 2.05) is 13.8 Å². The van der Waals surface area contributed by atoms with Gasteiger partial charge in [0.25, 0.3) is 0 Å². The first-order chi connectivity index (χ1) is 8.49. The second-order valence-corrected chi connectivity index (χ2v) is 5.53. The summed E-state index contributed by atoms with van der Waals surface area (Å²) in [4.78, 5) is 14.0. The Bertz CT molecular complexity index is 357. The summed E-state index contributed by atoms with van der Waals surface area (Å²) in [5.41, 5.74) is 10.9. The van der Waals surface area contributed by atoms with E-state index in [2.05, 4.69) is 9.98 Å². The average molecular weight is 253 g/mol. The molecule has 6 nitrogen and oxygen atoms in total. The van der Waals surface area contributed by atoms with Gasteiger partial charge in [0, 0.05) is 0 Å². The number of rotatable bonds is 3. The molecule has 1 aliphatic carbocycles. The molecule has 0 aromatic rings. The largest absolute Gasteiger partial charge is 0.368 e. The molecular weight excluding hydrogens is 230 g/mol. The van der Waals surface area contributed by atoms with Crippen molar-refractivity contribution >= 4 is 11.9 Å². The van der Waals surface area contributed by atoms with Crippen molar-refractivity contribution in [1.29, 1.82) is 0 Å². The van der Waals surface area contributed by atoms with Crippen LogP contribution in [0.5, 0.6) is 0 Å². The highest BCUT2D eigenvalue weighted by molar-refractivity contribution is 5.95. The molecule has 0 atom stereocenters. The summed E-state index contributed by atoms with van der Waals surface area (Å²) >= 11 is 0. The van der Waals surface area contributed by atoms with Crippen LogP contribution < -0.4 is 11.5 Å². The predicted molar refractivity (Wildman–Crippen MR) is 71.7 cm³/mol. The third-order valence-electron chi connectivity index (χ3n) is 3.49. The molecule has 0 amide bonds. The molecule has 0 aromatic heterocycles. The highest BCUT2D eigenvalue weighted by Gasteiger charge is 2.33. The highest BCUT2D eigenvalue weighted by atomic mass is 16.7. The number of nitrogens with two attached hydrogens (primary N) is 2. The first-order valence-corrected chi connectivity index (χ1v) is 6.61. The number of hydrogen-bond acceptors (Lipinski definition) is 6. The molecule has 0 aromatic carbocycles. The van der Waals surface area contributed by atoms with Crippen LogP contribution in [-0.4, -0.2) is 29.3 Å². The maximum absolute atomic E-state index is 5.85. The third-order valence-corrected chi connectivity index (χ3v) is 3.49. The van der Waals surface area contributed by atoms with Crippen molar-refractivity contribution in [2.75, 3.05) is 6.61 Å². The average Bonchev–Trinajstić information content (AvgIpc) is 2.27. The molecule has 0 unspecified atom stereocenters. The van der Waals surface area contributed by atoms with Gasteiger partial charge >= 0.3 is 0 Å². The van der Waals surface area contributed by atoms with Crippen molar-refractivity contribution in [3.63, 3.8) is 0 Å². The molecule has 0 radical (unpaired) electrons. The summed E-state index contributed by atoms with van der Waals surface area (Å²) in [6.07, 6.45) is 6.40. The van der Waals surface area contributed by atoms with Crippen molar-refractivity contribution in [1.82, 2.24) is 5.06 Å². The van der Waals surface area contributed by atoms with Crippen molar-refractivity contribution < 1.29 is 4.84 Å². The summed E-state index contributed by atoms with van der Waals surface area (Å²) in [5.74, 6) is 1.10. The maximum Gasteiger partial charge on any atom is 0.226 e. The molecule has 2 rings (SSSR count). The SMILES string of the molecule is CC1(C)N=C(N)N=C(N)N1OCC1CCCCC1. The van der Waals surface area contributed by atoms with Gasteiger partial charge in [-0.05, 0) is 32.6 Å². The highest BCUT2D eigenvalue weighted by Crippen LogP contribution is 2.26. The summed E-state index contributed by atoms with van der Waals surface area (Å²) in [7, 11) is 0. The number of guanidine groups is 2. The predicted octanol–water partition coefficient (Wildman–Crippen LogP) is 1.18. The molecule has 0 spiro atoms. The lowest BCUT2D eigenvalue weighted by Crippen LogP contribution is -2.54. The van der Waals surface area contributed by atoms with Gasteiger partial charge in [0.15, 0.2) is 5.66 Å². The molecule has 1 heterocycles. The summed E-state index contributed by atoms with van der Waals surface area (Å²) < 4.78 is 0. The smallest absolute Gasteiger partial charge is 0.226 e. The fourth-order valence-electron chi connectivity index (χ4n) is 2.55. The third kappa shape index (κ3) is 2.93. The van der Waals surface area contributed by atoms with Crippen molar-refractivity contribution in [2.45, 2.75) is 51.6 Å². The standard InChI is InChI=1S/C12H23N5O/c1-12(2)16-10(13)15-11(14)17(12)18-8-9-6-4-3-5-7-9/h9H,3-8H2,1-2H3,(H4,13,14,15,16). The Morgan fingerprint density at radius 2 is 1.94 bits per heavy atom. The number of nitrogens with zero attached hydrogens (tertiary/aromatic N) is 3. The minimum absolute atomic E-state index is 0.204. The van der Waals surface area contributed by atoms with Gasteiger partial charge in [-0.3, -0.25) is 4.84 Å². The zero-order valence-electron chi connectivity index (χ0n) is 11.2. The van der Waals surface area contributed by atoms with E-state index in [1.54, 1.807) is 5.06 Å². The van der Waals surface area contributed by atoms with E-state index in [0.29, 0.717) is 12.5 Å². The lowest BCUT2D eigenvalue weighted by Gasteiger charge is -2.37. The van der Waals surface area contributed by atoms with E-state index in [9.17, 15) is 0 Å². The van der Waals surface area contributed by atoms with E-state index in [4.69, 9.17) is 16.3 Å². The Morgan fingerprint density at radius 1 is 1.28 bits per heavy atom. The topological polar surface area (TPSA) is 89.2 Å². The van der Waals surface area contributed by atoms with Crippen molar-refractivity contribution in [3.05, 3.63) is 0 Å². The van der Waals surface area contributed by atoms with Crippen LogP contribution in [0, 0.1) is 5.92 Å². The molecular formula is C12H23N5O. The lowest BCUT2D eigenvalue weighted by molar-refractivity contribution is -0.169. The van der Waals surface area contributed by atoms with E-state index in [-0.39, 0.29) is 11.9 Å². The summed E-state index contributed by atoms with van der Waals surface area (Å²) in [6.45, 7) is 4.49. The minimum atomic E-state index is -0.593. The van der Waals surface area contributed by atoms with Crippen LogP contribution in [0.1, 0.15) is 46.0 Å². The minimum Gasteiger partial charge on any atom is -0.368 e. The van der Waals surface area contributed by atoms with Gasteiger partial charge in [-0.25, -0.2) is 4.99 Å². The monoisotopic (exact) mass is 253 g/mol. The Morgan fingerprint density at radius 3 is 2.56 bits per heavy atom. The zero-order valence-corrected chi connectivity index (χ0v) is 11.2. The van der Waals surface area contributed by atoms with Gasteiger partial charge in [0.2, 0.25) is 11.9 Å². The molecule has 6 heteroatoms. The van der Waals surface area contributed by atoms with Crippen LogP contribution in [0.15, 0.2) is 9.98 Å². The molecule has 18 heavy (non-hydrogen) atoms. The van der Waals surface area contributed by atoms with Crippen LogP contribution in [0.25, 0.3) is 0 Å². The van der Waals surface area contributed by atoms with Crippen molar-refractivity contribution in [3.8, 4) is 0 Å². The van der Waals surface area contributed by atoms with Crippen LogP contribution in [0.3, 0.4) is 0 Å². The number of hydroxylamine groups is 2. The molecule has 1 saturated carbocycles. The maximum atomic E-state index is 5.85. The quantitative estimate of drug-likeness (QED) is 0.790. The van der Waals surface area contributed by atoms with E-state index >= 15 is 0 Å². The lowest BCUT2D eigenvalue weighted by atomic mass is 9.90. The first-order valence-electron chi connectivity index (χ1n) is 6.61. The van der Waals surface area contributed by atoms with E-state index in [0.717, 1.165) is 0 Å². The van der Waals surface area contributed by atoms with Gasteiger partial charge < -0.3 is 11.5 Å². The normalized spacial score (nSPS) is 24.7. The van der Waals surface area contributed by atoms with Gasteiger partial charge in [0.1, 0.15) is 0 Å². The Labute approximate surface area is 108 Å². The number of aliphatic imine (C=N–C) groups is 2. The second kappa shape index (κ2) is 5.14. The summed E-state index contributed by atoms with van der Waals surface area (Å²) in [6, 6.07) is 0. The molecule has 1 fully saturated rings. The van der Waals surface area contributed by atoms with Gasteiger partial charge in [0.05, 0.1) is 6.61 Å². The van der Waals surface area contributed by atoms with Gasteiger partial charge in [-0.15, -0.1) is 0 Å². The summed E-state index contributed by atoms with van der Waals surface area (Å²) in [5, 5.41) is 1.57. The van der Waals surface area contributed by atoms with Crippen LogP contribution in [-0.2, 0) is 4.84 Å². The van der Waals surface area contributed by atoms with Gasteiger partial charge in [-0.1, -0.05) is 19.3 Å². The Kier molecular flexibility index (Phi) is 3.75.